The Hall–Kier alpha value is -2.16. The molecule has 6 heteroatoms. The minimum absolute atomic E-state index is 0.750. The number of rotatable bonds is 0. The van der Waals surface area contributed by atoms with Gasteiger partial charge < -0.3 is 0 Å². The van der Waals surface area contributed by atoms with Crippen LogP contribution in [0.5, 0.6) is 0 Å². The summed E-state index contributed by atoms with van der Waals surface area (Å²) < 4.78 is 0. The van der Waals surface area contributed by atoms with E-state index in [9.17, 15) is 0 Å². The fourth-order valence-electron chi connectivity index (χ4n) is 0.253. The van der Waals surface area contributed by atoms with Gasteiger partial charge >= 0.3 is 0 Å². The van der Waals surface area contributed by atoms with E-state index < -0.39 is 0 Å². The predicted molar refractivity (Wildman–Crippen MR) is 38.9 cm³/mol. The maximum absolute atomic E-state index is 8.35. The molecule has 0 fully saturated rings. The highest BCUT2D eigenvalue weighted by molar-refractivity contribution is 5.26. The molecule has 62 valence electrons. The van der Waals surface area contributed by atoms with Gasteiger partial charge in [0.25, 0.3) is 0 Å². The zero-order chi connectivity index (χ0) is 9.66. The monoisotopic (exact) mass is 166 g/mol. The van der Waals surface area contributed by atoms with E-state index in [0.717, 1.165) is 12.2 Å². The SMILES string of the molecule is N=C=O.N=C=O.c1cncnc1. The Labute approximate surface area is 68.3 Å². The third kappa shape index (κ3) is 24.9. The lowest BCUT2D eigenvalue weighted by Gasteiger charge is -1.70. The predicted octanol–water partition coefficient (Wildman–Crippen LogP) is 0.279. The van der Waals surface area contributed by atoms with Crippen LogP contribution >= 0.6 is 0 Å². The summed E-state index contributed by atoms with van der Waals surface area (Å²) in [5, 5.41) is 10.8. The number of isocyanates is 2. The normalized spacial score (nSPS) is 5.33. The molecule has 0 unspecified atom stereocenters. The third-order valence-electron chi connectivity index (χ3n) is 0.478. The largest absolute Gasteiger partial charge is 0.245 e. The summed E-state index contributed by atoms with van der Waals surface area (Å²) in [5.74, 6) is 0. The van der Waals surface area contributed by atoms with E-state index in [1.807, 2.05) is 0 Å². The van der Waals surface area contributed by atoms with Gasteiger partial charge in [0, 0.05) is 12.4 Å². The lowest BCUT2D eigenvalue weighted by molar-refractivity contribution is 0.562. The minimum atomic E-state index is 0.750. The first-order valence-corrected chi connectivity index (χ1v) is 2.61. The van der Waals surface area contributed by atoms with Gasteiger partial charge in [-0.25, -0.2) is 30.4 Å². The van der Waals surface area contributed by atoms with Crippen molar-refractivity contribution in [1.29, 1.82) is 10.8 Å². The molecule has 0 aromatic carbocycles. The molecule has 6 nitrogen and oxygen atoms in total. The first-order chi connectivity index (χ1) is 5.83. The van der Waals surface area contributed by atoms with Gasteiger partial charge in [-0.1, -0.05) is 0 Å². The molecule has 0 aliphatic rings. The fourth-order valence-corrected chi connectivity index (χ4v) is 0.253. The molecule has 0 radical (unpaired) electrons. The van der Waals surface area contributed by atoms with Gasteiger partial charge in [0.1, 0.15) is 6.33 Å². The quantitative estimate of drug-likeness (QED) is 0.426. The number of nitrogens with one attached hydrogen (secondary N) is 2. The van der Waals surface area contributed by atoms with Gasteiger partial charge in [0.2, 0.25) is 12.2 Å². The molecular weight excluding hydrogens is 160 g/mol. The summed E-state index contributed by atoms with van der Waals surface area (Å²) in [6, 6.07) is 1.78. The molecule has 0 saturated carbocycles. The van der Waals surface area contributed by atoms with Crippen LogP contribution in [0.1, 0.15) is 0 Å². The molecule has 1 aromatic rings. The Kier molecular flexibility index (Phi) is 16.6. The second-order valence-corrected chi connectivity index (χ2v) is 1.11. The van der Waals surface area contributed by atoms with Crippen LogP contribution in [0.2, 0.25) is 0 Å². The lowest BCUT2D eigenvalue weighted by atomic mass is 10.7. The second-order valence-electron chi connectivity index (χ2n) is 1.11. The van der Waals surface area contributed by atoms with Gasteiger partial charge in [-0.05, 0) is 6.07 Å². The van der Waals surface area contributed by atoms with Crippen molar-refractivity contribution in [1.82, 2.24) is 9.97 Å². The van der Waals surface area contributed by atoms with Crippen molar-refractivity contribution in [3.63, 3.8) is 0 Å². The number of carbonyl (C=O) groups excluding carboxylic acids is 2. The van der Waals surface area contributed by atoms with Crippen LogP contribution in [-0.2, 0) is 9.59 Å². The molecular formula is C6H6N4O2. The zero-order valence-corrected chi connectivity index (χ0v) is 6.02. The Balaban J connectivity index is 0. The average Bonchev–Trinajstić information content (AvgIpc) is 2.10. The molecule has 0 bridgehead atoms. The van der Waals surface area contributed by atoms with Crippen LogP contribution in [0, 0.1) is 10.8 Å². The van der Waals surface area contributed by atoms with Crippen molar-refractivity contribution in [2.75, 3.05) is 0 Å². The van der Waals surface area contributed by atoms with Crippen molar-refractivity contribution in [2.24, 2.45) is 0 Å². The summed E-state index contributed by atoms with van der Waals surface area (Å²) >= 11 is 0. The number of nitrogens with zero attached hydrogens (tertiary/aromatic N) is 2. The van der Waals surface area contributed by atoms with Gasteiger partial charge in [-0.3, -0.25) is 0 Å². The topological polar surface area (TPSA) is 108 Å². The highest BCUT2D eigenvalue weighted by atomic mass is 16.1. The highest BCUT2D eigenvalue weighted by Crippen LogP contribution is 1.66. The minimum Gasteiger partial charge on any atom is -0.245 e. The van der Waals surface area contributed by atoms with Gasteiger partial charge in [-0.15, -0.1) is 0 Å². The van der Waals surface area contributed by atoms with Gasteiger partial charge in [0.05, 0.1) is 0 Å². The van der Waals surface area contributed by atoms with E-state index in [0.29, 0.717) is 0 Å². The van der Waals surface area contributed by atoms with Gasteiger partial charge in [0.15, 0.2) is 0 Å². The molecule has 2 N–H and O–H groups in total. The number of hydrogen-bond acceptors (Lipinski definition) is 6. The van der Waals surface area contributed by atoms with E-state index in [1.54, 1.807) is 18.5 Å². The summed E-state index contributed by atoms with van der Waals surface area (Å²) in [6.45, 7) is 0. The van der Waals surface area contributed by atoms with Crippen molar-refractivity contribution >= 4 is 12.2 Å². The summed E-state index contributed by atoms with van der Waals surface area (Å²) in [6.07, 6.45) is 6.38. The summed E-state index contributed by atoms with van der Waals surface area (Å²) in [4.78, 5) is 24.0. The lowest BCUT2D eigenvalue weighted by Crippen LogP contribution is -1.66. The number of aromatic nitrogens is 2. The Morgan fingerprint density at radius 1 is 1.00 bits per heavy atom. The van der Waals surface area contributed by atoms with E-state index >= 15 is 0 Å². The Morgan fingerprint density at radius 3 is 1.42 bits per heavy atom. The first kappa shape index (κ1) is 12.5. The van der Waals surface area contributed by atoms with Crippen LogP contribution in [0.15, 0.2) is 24.8 Å². The van der Waals surface area contributed by atoms with Crippen molar-refractivity contribution < 1.29 is 9.59 Å². The highest BCUT2D eigenvalue weighted by Gasteiger charge is 1.59. The van der Waals surface area contributed by atoms with Crippen LogP contribution in [0.4, 0.5) is 0 Å². The van der Waals surface area contributed by atoms with E-state index in [4.69, 9.17) is 20.4 Å². The van der Waals surface area contributed by atoms with E-state index in [-0.39, 0.29) is 0 Å². The van der Waals surface area contributed by atoms with Crippen LogP contribution in [0.25, 0.3) is 0 Å². The van der Waals surface area contributed by atoms with Crippen LogP contribution in [-0.4, -0.2) is 22.1 Å². The van der Waals surface area contributed by atoms with Crippen LogP contribution < -0.4 is 0 Å². The maximum atomic E-state index is 8.35. The average molecular weight is 166 g/mol. The van der Waals surface area contributed by atoms with Gasteiger partial charge in [-0.2, -0.15) is 0 Å². The summed E-state index contributed by atoms with van der Waals surface area (Å²) in [7, 11) is 0. The fraction of sp³-hybridized carbons (Fsp3) is 0. The smallest absolute Gasteiger partial charge is 0.231 e. The molecule has 0 saturated heterocycles. The van der Waals surface area contributed by atoms with Crippen molar-refractivity contribution in [3.8, 4) is 0 Å². The van der Waals surface area contributed by atoms with Crippen molar-refractivity contribution in [2.45, 2.75) is 0 Å². The molecule has 1 rings (SSSR count). The van der Waals surface area contributed by atoms with Crippen molar-refractivity contribution in [3.05, 3.63) is 24.8 Å². The zero-order valence-electron chi connectivity index (χ0n) is 6.02. The molecule has 0 amide bonds. The van der Waals surface area contributed by atoms with E-state index in [1.165, 1.54) is 6.33 Å². The first-order valence-electron chi connectivity index (χ1n) is 2.61. The molecule has 12 heavy (non-hydrogen) atoms. The third-order valence-corrected chi connectivity index (χ3v) is 0.478. The van der Waals surface area contributed by atoms with Crippen LogP contribution in [0.3, 0.4) is 0 Å². The molecule has 0 aliphatic carbocycles. The molecule has 0 atom stereocenters. The molecule has 0 spiro atoms. The second kappa shape index (κ2) is 15.9. The van der Waals surface area contributed by atoms with E-state index in [2.05, 4.69) is 9.97 Å². The molecule has 1 heterocycles. The standard InChI is InChI=1S/C4H4N2.2CHNO/c1-2-5-4-6-3-1;2*2-1-3/h1-4H;2*2H. The number of hydrogen-bond donors (Lipinski definition) is 2. The molecule has 1 aromatic heterocycles. The Morgan fingerprint density at radius 2 is 1.33 bits per heavy atom. The Bertz CT molecular complexity index is 198. The maximum Gasteiger partial charge on any atom is 0.231 e. The summed E-state index contributed by atoms with van der Waals surface area (Å²) in [5.41, 5.74) is 0. The molecule has 0 aliphatic heterocycles.